The number of imidazole rings is 1. The Balaban J connectivity index is 0.00000147. The molecule has 3 rings (SSSR count). The molecule has 1 aromatic rings. The largest absolute Gasteiger partial charge is 0.348 e. The topological polar surface area (TPSA) is 49.0 Å². The summed E-state index contributed by atoms with van der Waals surface area (Å²) in [6, 6.07) is 0.404. The van der Waals surface area contributed by atoms with Gasteiger partial charge in [-0.05, 0) is 18.8 Å². The van der Waals surface area contributed by atoms with Crippen molar-refractivity contribution < 1.29 is 4.79 Å². The van der Waals surface area contributed by atoms with Crippen LogP contribution in [0.5, 0.6) is 0 Å². The normalized spacial score (nSPS) is 25.8. The zero-order chi connectivity index (χ0) is 13.1. The number of amides is 1. The van der Waals surface area contributed by atoms with Gasteiger partial charge < -0.3 is 9.88 Å². The molecular weight excluding hydrogens is 274 g/mol. The van der Waals surface area contributed by atoms with E-state index in [2.05, 4.69) is 9.97 Å². The molecule has 0 radical (unpaired) electrons. The lowest BCUT2D eigenvalue weighted by molar-refractivity contribution is -0.118. The molecule has 112 valence electrons. The second-order valence-electron chi connectivity index (χ2n) is 6.05. The van der Waals surface area contributed by atoms with E-state index in [1.807, 2.05) is 11.1 Å². The van der Waals surface area contributed by atoms with E-state index in [1.54, 1.807) is 6.33 Å². The van der Waals surface area contributed by atoms with E-state index < -0.39 is 0 Å². The molecule has 1 N–H and O–H groups in total. The zero-order valence-corrected chi connectivity index (χ0v) is 12.6. The van der Waals surface area contributed by atoms with Gasteiger partial charge in [-0.25, -0.2) is 4.98 Å². The highest BCUT2D eigenvalue weighted by Gasteiger charge is 2.43. The maximum absolute atomic E-state index is 11.3. The summed E-state index contributed by atoms with van der Waals surface area (Å²) in [5.41, 5.74) is 1.18. The lowest BCUT2D eigenvalue weighted by atomic mass is 9.87. The predicted molar refractivity (Wildman–Crippen MR) is 80.9 cm³/mol. The van der Waals surface area contributed by atoms with Crippen LogP contribution < -0.4 is 0 Å². The minimum absolute atomic E-state index is 0. The number of hydrogen-bond acceptors (Lipinski definition) is 2. The van der Waals surface area contributed by atoms with Gasteiger partial charge in [0.1, 0.15) is 0 Å². The van der Waals surface area contributed by atoms with Gasteiger partial charge >= 0.3 is 0 Å². The number of halogens is 1. The van der Waals surface area contributed by atoms with Crippen LogP contribution in [0.3, 0.4) is 0 Å². The molecule has 0 spiro atoms. The van der Waals surface area contributed by atoms with E-state index >= 15 is 0 Å². The van der Waals surface area contributed by atoms with E-state index in [9.17, 15) is 4.79 Å². The lowest BCUT2D eigenvalue weighted by Crippen LogP contribution is -2.28. The van der Waals surface area contributed by atoms with Gasteiger partial charge in [0.2, 0.25) is 6.41 Å². The van der Waals surface area contributed by atoms with Gasteiger partial charge in [0.05, 0.1) is 6.33 Å². The van der Waals surface area contributed by atoms with E-state index in [0.29, 0.717) is 12.0 Å². The predicted octanol–water partition coefficient (Wildman–Crippen LogP) is 3.12. The molecule has 1 heterocycles. The molecule has 2 atom stereocenters. The highest BCUT2D eigenvalue weighted by atomic mass is 35.5. The monoisotopic (exact) mass is 297 g/mol. The number of hydrogen-bond donors (Lipinski definition) is 1. The van der Waals surface area contributed by atoms with Gasteiger partial charge in [0, 0.05) is 30.4 Å². The smallest absolute Gasteiger partial charge is 0.209 e. The Morgan fingerprint density at radius 1 is 1.35 bits per heavy atom. The second kappa shape index (κ2) is 7.11. The molecule has 0 bridgehead atoms. The van der Waals surface area contributed by atoms with Gasteiger partial charge in [-0.1, -0.05) is 32.1 Å². The van der Waals surface area contributed by atoms with Gasteiger partial charge in [-0.3, -0.25) is 4.79 Å². The van der Waals surface area contributed by atoms with Crippen LogP contribution in [0.25, 0.3) is 0 Å². The van der Waals surface area contributed by atoms with Crippen molar-refractivity contribution in [2.24, 2.45) is 5.92 Å². The fourth-order valence-corrected chi connectivity index (χ4v) is 3.46. The Morgan fingerprint density at radius 3 is 2.80 bits per heavy atom. The molecule has 0 aliphatic heterocycles. The highest BCUT2D eigenvalue weighted by molar-refractivity contribution is 5.85. The SMILES string of the molecule is Cl.O=CN(CCC1CCCCC1)[C@@H]1C[C@H]1c1cnc[nH]1. The number of H-pyrrole nitrogens is 1. The molecule has 0 saturated heterocycles. The number of nitrogens with one attached hydrogen (secondary N) is 1. The quantitative estimate of drug-likeness (QED) is 0.820. The summed E-state index contributed by atoms with van der Waals surface area (Å²) in [5, 5.41) is 0. The van der Waals surface area contributed by atoms with Crippen LogP contribution in [0, 0.1) is 5.92 Å². The second-order valence-corrected chi connectivity index (χ2v) is 6.05. The van der Waals surface area contributed by atoms with E-state index in [-0.39, 0.29) is 12.4 Å². The van der Waals surface area contributed by atoms with Crippen LogP contribution in [-0.2, 0) is 4.79 Å². The Morgan fingerprint density at radius 2 is 2.15 bits per heavy atom. The number of carbonyl (C=O) groups is 1. The third kappa shape index (κ3) is 3.54. The molecule has 20 heavy (non-hydrogen) atoms. The maximum atomic E-state index is 11.3. The molecule has 2 aliphatic rings. The van der Waals surface area contributed by atoms with Crippen molar-refractivity contribution in [2.45, 2.75) is 56.9 Å². The van der Waals surface area contributed by atoms with Gasteiger partial charge in [0.25, 0.3) is 0 Å². The molecule has 2 saturated carbocycles. The molecule has 0 aromatic carbocycles. The molecule has 1 aromatic heterocycles. The van der Waals surface area contributed by atoms with Crippen molar-refractivity contribution in [1.82, 2.24) is 14.9 Å². The minimum atomic E-state index is 0. The number of nitrogens with zero attached hydrogens (tertiary/aromatic N) is 2. The van der Waals surface area contributed by atoms with Gasteiger partial charge in [-0.2, -0.15) is 0 Å². The molecule has 1 amide bonds. The molecule has 2 aliphatic carbocycles. The van der Waals surface area contributed by atoms with Crippen LogP contribution in [0.4, 0.5) is 0 Å². The van der Waals surface area contributed by atoms with Crippen molar-refractivity contribution in [3.05, 3.63) is 18.2 Å². The van der Waals surface area contributed by atoms with Crippen molar-refractivity contribution in [3.8, 4) is 0 Å². The summed E-state index contributed by atoms with van der Waals surface area (Å²) in [6.07, 6.45) is 13.8. The van der Waals surface area contributed by atoms with Crippen LogP contribution in [-0.4, -0.2) is 33.9 Å². The van der Waals surface area contributed by atoms with E-state index in [0.717, 1.165) is 25.3 Å². The van der Waals surface area contributed by atoms with Crippen molar-refractivity contribution in [1.29, 1.82) is 0 Å². The molecule has 0 unspecified atom stereocenters. The first kappa shape index (κ1) is 15.4. The molecular formula is C15H24ClN3O. The van der Waals surface area contributed by atoms with E-state index in [4.69, 9.17) is 0 Å². The molecule has 5 heteroatoms. The summed E-state index contributed by atoms with van der Waals surface area (Å²) < 4.78 is 0. The maximum Gasteiger partial charge on any atom is 0.209 e. The van der Waals surface area contributed by atoms with Crippen LogP contribution in [0.1, 0.15) is 56.6 Å². The first-order valence-corrected chi connectivity index (χ1v) is 7.58. The number of carbonyl (C=O) groups excluding carboxylic acids is 1. The Hall–Kier alpha value is -1.03. The van der Waals surface area contributed by atoms with Crippen molar-refractivity contribution in [2.75, 3.05) is 6.54 Å². The van der Waals surface area contributed by atoms with Crippen molar-refractivity contribution >= 4 is 18.8 Å². The fourth-order valence-electron chi connectivity index (χ4n) is 3.46. The highest BCUT2D eigenvalue weighted by Crippen LogP contribution is 2.43. The lowest BCUT2D eigenvalue weighted by Gasteiger charge is -2.25. The fraction of sp³-hybridized carbons (Fsp3) is 0.733. The van der Waals surface area contributed by atoms with E-state index in [1.165, 1.54) is 44.2 Å². The average Bonchev–Trinajstić information content (AvgIpc) is 3.05. The first-order valence-electron chi connectivity index (χ1n) is 7.58. The summed E-state index contributed by atoms with van der Waals surface area (Å²) in [5.74, 6) is 1.33. The van der Waals surface area contributed by atoms with Crippen LogP contribution >= 0.6 is 12.4 Å². The number of aromatic amines is 1. The molecule has 2 fully saturated rings. The average molecular weight is 298 g/mol. The molecule has 4 nitrogen and oxygen atoms in total. The number of rotatable bonds is 6. The standard InChI is InChI=1S/C15H23N3O.ClH/c19-11-18(7-6-12-4-2-1-3-5-12)15-8-13(15)14-9-16-10-17-14;/h9-13,15H,1-8H2,(H,16,17);1H/t13-,15+;/m0./s1. The summed E-state index contributed by atoms with van der Waals surface area (Å²) in [4.78, 5) is 20.5. The Bertz CT molecular complexity index is 403. The van der Waals surface area contributed by atoms with Crippen molar-refractivity contribution in [3.63, 3.8) is 0 Å². The summed E-state index contributed by atoms with van der Waals surface area (Å²) >= 11 is 0. The van der Waals surface area contributed by atoms with Gasteiger partial charge in [0.15, 0.2) is 0 Å². The Kier molecular flexibility index (Phi) is 5.46. The first-order chi connectivity index (χ1) is 9.38. The zero-order valence-electron chi connectivity index (χ0n) is 11.8. The Labute approximate surface area is 126 Å². The summed E-state index contributed by atoms with van der Waals surface area (Å²) in [7, 11) is 0. The minimum Gasteiger partial charge on any atom is -0.348 e. The van der Waals surface area contributed by atoms with Gasteiger partial charge in [-0.15, -0.1) is 12.4 Å². The summed E-state index contributed by atoms with van der Waals surface area (Å²) in [6.45, 7) is 0.934. The van der Waals surface area contributed by atoms with Crippen LogP contribution in [0.15, 0.2) is 12.5 Å². The third-order valence-corrected chi connectivity index (χ3v) is 4.76. The van der Waals surface area contributed by atoms with Crippen LogP contribution in [0.2, 0.25) is 0 Å². The number of aromatic nitrogens is 2. The third-order valence-electron chi connectivity index (χ3n) is 4.76.